The Morgan fingerprint density at radius 1 is 1.16 bits per heavy atom. The summed E-state index contributed by atoms with van der Waals surface area (Å²) in [7, 11) is -3.54. The summed E-state index contributed by atoms with van der Waals surface area (Å²) in [4.78, 5) is 0.950. The maximum Gasteiger partial charge on any atom is 0.271 e. The topological polar surface area (TPSA) is 64.6 Å². The van der Waals surface area contributed by atoms with E-state index in [9.17, 15) is 8.42 Å². The van der Waals surface area contributed by atoms with E-state index in [1.54, 1.807) is 30.3 Å². The van der Waals surface area contributed by atoms with Crippen molar-refractivity contribution >= 4 is 27.0 Å². The van der Waals surface area contributed by atoms with Gasteiger partial charge in [0.25, 0.3) is 10.0 Å². The standard InChI is InChI=1S/C12H11NO4S2/c1-8-2-5-12(18-8)19(14,15)13-9-3-4-10-11(6-9)17-7-16-10/h2-6,13H,7H2,1H3. The molecule has 0 unspecified atom stereocenters. The minimum absolute atomic E-state index is 0.162. The van der Waals surface area contributed by atoms with Crippen LogP contribution in [-0.2, 0) is 10.0 Å². The highest BCUT2D eigenvalue weighted by Crippen LogP contribution is 2.35. The highest BCUT2D eigenvalue weighted by Gasteiger charge is 2.19. The molecule has 0 fully saturated rings. The van der Waals surface area contributed by atoms with Crippen molar-refractivity contribution in [1.82, 2.24) is 0 Å². The van der Waals surface area contributed by atoms with Crippen LogP contribution in [0.25, 0.3) is 0 Å². The molecule has 1 aromatic carbocycles. The minimum Gasteiger partial charge on any atom is -0.454 e. The number of thiophene rings is 1. The van der Waals surface area contributed by atoms with Crippen molar-refractivity contribution in [1.29, 1.82) is 0 Å². The van der Waals surface area contributed by atoms with Crippen molar-refractivity contribution in [3.8, 4) is 11.5 Å². The Hall–Kier alpha value is -1.73. The van der Waals surface area contributed by atoms with E-state index in [2.05, 4.69) is 4.72 Å². The van der Waals surface area contributed by atoms with Gasteiger partial charge in [0.2, 0.25) is 6.79 Å². The molecule has 0 amide bonds. The number of ether oxygens (including phenoxy) is 2. The first-order chi connectivity index (χ1) is 9.04. The van der Waals surface area contributed by atoms with Crippen LogP contribution in [-0.4, -0.2) is 15.2 Å². The summed E-state index contributed by atoms with van der Waals surface area (Å²) < 4.78 is 37.5. The van der Waals surface area contributed by atoms with E-state index in [0.717, 1.165) is 4.88 Å². The molecular formula is C12H11NO4S2. The Morgan fingerprint density at radius 2 is 1.95 bits per heavy atom. The van der Waals surface area contributed by atoms with Gasteiger partial charge in [0.1, 0.15) is 4.21 Å². The van der Waals surface area contributed by atoms with Crippen LogP contribution in [0.2, 0.25) is 0 Å². The van der Waals surface area contributed by atoms with Gasteiger partial charge in [0.05, 0.1) is 5.69 Å². The van der Waals surface area contributed by atoms with E-state index in [0.29, 0.717) is 21.4 Å². The highest BCUT2D eigenvalue weighted by molar-refractivity contribution is 7.94. The Bertz CT molecular complexity index is 721. The van der Waals surface area contributed by atoms with Crippen LogP contribution in [0.15, 0.2) is 34.5 Å². The average molecular weight is 297 g/mol. The lowest BCUT2D eigenvalue weighted by Crippen LogP contribution is -2.11. The van der Waals surface area contributed by atoms with Gasteiger partial charge in [-0.3, -0.25) is 4.72 Å². The molecule has 5 nitrogen and oxygen atoms in total. The smallest absolute Gasteiger partial charge is 0.271 e. The van der Waals surface area contributed by atoms with Gasteiger partial charge in [-0.2, -0.15) is 0 Å². The van der Waals surface area contributed by atoms with E-state index >= 15 is 0 Å². The SMILES string of the molecule is Cc1ccc(S(=O)(=O)Nc2ccc3c(c2)OCO3)s1. The van der Waals surface area contributed by atoms with Gasteiger partial charge in [-0.05, 0) is 31.2 Å². The molecular weight excluding hydrogens is 286 g/mol. The van der Waals surface area contributed by atoms with E-state index in [4.69, 9.17) is 9.47 Å². The number of anilines is 1. The molecule has 0 spiro atoms. The van der Waals surface area contributed by atoms with E-state index in [1.807, 2.05) is 6.92 Å². The van der Waals surface area contributed by atoms with Gasteiger partial charge in [0, 0.05) is 10.9 Å². The number of benzene rings is 1. The summed E-state index contributed by atoms with van der Waals surface area (Å²) in [5.74, 6) is 1.16. The number of hydrogen-bond donors (Lipinski definition) is 1. The van der Waals surface area contributed by atoms with Gasteiger partial charge in [0.15, 0.2) is 11.5 Å². The van der Waals surface area contributed by atoms with Crippen molar-refractivity contribution in [3.05, 3.63) is 35.2 Å². The van der Waals surface area contributed by atoms with Gasteiger partial charge in [-0.15, -0.1) is 11.3 Å². The van der Waals surface area contributed by atoms with Gasteiger partial charge < -0.3 is 9.47 Å². The fourth-order valence-electron chi connectivity index (χ4n) is 1.72. The summed E-state index contributed by atoms with van der Waals surface area (Å²) in [5.41, 5.74) is 0.454. The molecule has 0 saturated heterocycles. The van der Waals surface area contributed by atoms with Gasteiger partial charge in [-0.25, -0.2) is 8.42 Å². The second kappa shape index (κ2) is 4.43. The molecule has 100 valence electrons. The van der Waals surface area contributed by atoms with E-state index < -0.39 is 10.0 Å². The number of nitrogens with one attached hydrogen (secondary N) is 1. The molecule has 1 aliphatic rings. The zero-order valence-corrected chi connectivity index (χ0v) is 11.7. The number of rotatable bonds is 3. The van der Waals surface area contributed by atoms with Crippen LogP contribution >= 0.6 is 11.3 Å². The van der Waals surface area contributed by atoms with Crippen LogP contribution in [0, 0.1) is 6.92 Å². The summed E-state index contributed by atoms with van der Waals surface area (Å²) in [6.45, 7) is 2.03. The molecule has 1 N–H and O–H groups in total. The first kappa shape index (κ1) is 12.3. The molecule has 0 bridgehead atoms. The predicted octanol–water partition coefficient (Wildman–Crippen LogP) is 2.59. The summed E-state index contributed by atoms with van der Waals surface area (Å²) in [6.07, 6.45) is 0. The van der Waals surface area contributed by atoms with Crippen molar-refractivity contribution in [3.63, 3.8) is 0 Å². The Kier molecular flexibility index (Phi) is 2.87. The molecule has 0 aliphatic carbocycles. The first-order valence-corrected chi connectivity index (χ1v) is 7.83. The number of fused-ring (bicyclic) bond motifs is 1. The molecule has 19 heavy (non-hydrogen) atoms. The Morgan fingerprint density at radius 3 is 2.68 bits per heavy atom. The Balaban J connectivity index is 1.89. The fourth-order valence-corrected chi connectivity index (χ4v) is 4.05. The third kappa shape index (κ3) is 2.39. The summed E-state index contributed by atoms with van der Waals surface area (Å²) in [5, 5.41) is 0. The largest absolute Gasteiger partial charge is 0.454 e. The fraction of sp³-hybridized carbons (Fsp3) is 0.167. The monoisotopic (exact) mass is 297 g/mol. The predicted molar refractivity (Wildman–Crippen MR) is 72.4 cm³/mol. The second-order valence-corrected chi connectivity index (χ2v) is 7.24. The lowest BCUT2D eigenvalue weighted by molar-refractivity contribution is 0.174. The Labute approximate surface area is 114 Å². The molecule has 7 heteroatoms. The molecule has 1 aliphatic heterocycles. The normalized spacial score (nSPS) is 13.5. The lowest BCUT2D eigenvalue weighted by Gasteiger charge is -2.06. The van der Waals surface area contributed by atoms with Crippen LogP contribution in [0.1, 0.15) is 4.88 Å². The van der Waals surface area contributed by atoms with Crippen LogP contribution in [0.4, 0.5) is 5.69 Å². The van der Waals surface area contributed by atoms with Crippen LogP contribution in [0.3, 0.4) is 0 Å². The molecule has 0 saturated carbocycles. The maximum atomic E-state index is 12.1. The number of hydrogen-bond acceptors (Lipinski definition) is 5. The lowest BCUT2D eigenvalue weighted by atomic mass is 10.3. The van der Waals surface area contributed by atoms with E-state index in [1.165, 1.54) is 11.3 Å². The molecule has 1 aromatic heterocycles. The summed E-state index contributed by atoms with van der Waals surface area (Å²) in [6, 6.07) is 8.31. The minimum atomic E-state index is -3.54. The number of aryl methyl sites for hydroxylation is 1. The van der Waals surface area contributed by atoms with Gasteiger partial charge >= 0.3 is 0 Å². The van der Waals surface area contributed by atoms with Crippen LogP contribution < -0.4 is 14.2 Å². The zero-order chi connectivity index (χ0) is 13.5. The van der Waals surface area contributed by atoms with Crippen molar-refractivity contribution < 1.29 is 17.9 Å². The van der Waals surface area contributed by atoms with Crippen LogP contribution in [0.5, 0.6) is 11.5 Å². The molecule has 2 heterocycles. The third-order valence-corrected chi connectivity index (χ3v) is 5.48. The highest BCUT2D eigenvalue weighted by atomic mass is 32.2. The molecule has 2 aromatic rings. The van der Waals surface area contributed by atoms with Gasteiger partial charge in [-0.1, -0.05) is 0 Å². The molecule has 0 atom stereocenters. The van der Waals surface area contributed by atoms with E-state index in [-0.39, 0.29) is 6.79 Å². The zero-order valence-electron chi connectivity index (χ0n) is 10.0. The summed E-state index contributed by atoms with van der Waals surface area (Å²) >= 11 is 1.23. The third-order valence-electron chi connectivity index (χ3n) is 2.61. The number of sulfonamides is 1. The molecule has 0 radical (unpaired) electrons. The molecule has 3 rings (SSSR count). The van der Waals surface area contributed by atoms with Crippen molar-refractivity contribution in [2.75, 3.05) is 11.5 Å². The first-order valence-electron chi connectivity index (χ1n) is 5.53. The second-order valence-electron chi connectivity index (χ2n) is 4.04. The van der Waals surface area contributed by atoms with Crippen molar-refractivity contribution in [2.45, 2.75) is 11.1 Å². The maximum absolute atomic E-state index is 12.1. The average Bonchev–Trinajstić information content (AvgIpc) is 2.96. The van der Waals surface area contributed by atoms with Crippen molar-refractivity contribution in [2.24, 2.45) is 0 Å². The quantitative estimate of drug-likeness (QED) is 0.945.